The van der Waals surface area contributed by atoms with Gasteiger partial charge < -0.3 is 14.7 Å². The van der Waals surface area contributed by atoms with E-state index in [0.717, 1.165) is 50.6 Å². The summed E-state index contributed by atoms with van der Waals surface area (Å²) in [7, 11) is 0. The third kappa shape index (κ3) is 2.90. The minimum Gasteiger partial charge on any atom is -0.411 e. The van der Waals surface area contributed by atoms with E-state index in [-0.39, 0.29) is 0 Å². The molecule has 5 heteroatoms. The highest BCUT2D eigenvalue weighted by atomic mass is 16.4. The Labute approximate surface area is 108 Å². The highest BCUT2D eigenvalue weighted by Gasteiger charge is 2.24. The third-order valence-corrected chi connectivity index (χ3v) is 3.84. The zero-order valence-electron chi connectivity index (χ0n) is 11.2. The molecule has 5 nitrogen and oxygen atoms in total. The SMILES string of the molecule is CCC1CN(CCn2ccnc2C)CC/C1=N\O. The van der Waals surface area contributed by atoms with Gasteiger partial charge in [0, 0.05) is 50.9 Å². The van der Waals surface area contributed by atoms with E-state index in [1.165, 1.54) is 0 Å². The van der Waals surface area contributed by atoms with Crippen LogP contribution in [0.4, 0.5) is 0 Å². The lowest BCUT2D eigenvalue weighted by Gasteiger charge is -2.32. The van der Waals surface area contributed by atoms with Gasteiger partial charge in [0.1, 0.15) is 5.82 Å². The van der Waals surface area contributed by atoms with Crippen molar-refractivity contribution in [3.8, 4) is 0 Å². The Bertz CT molecular complexity index is 413. The lowest BCUT2D eigenvalue weighted by molar-refractivity contribution is 0.220. The van der Waals surface area contributed by atoms with Gasteiger partial charge in [0.25, 0.3) is 0 Å². The van der Waals surface area contributed by atoms with E-state index in [9.17, 15) is 0 Å². The van der Waals surface area contributed by atoms with Gasteiger partial charge in [-0.05, 0) is 13.3 Å². The normalized spacial score (nSPS) is 23.7. The fourth-order valence-corrected chi connectivity index (χ4v) is 2.57. The first kappa shape index (κ1) is 13.1. The molecule has 0 aliphatic carbocycles. The second-order valence-corrected chi connectivity index (χ2v) is 4.91. The first-order chi connectivity index (χ1) is 8.74. The summed E-state index contributed by atoms with van der Waals surface area (Å²) in [6.07, 6.45) is 5.80. The van der Waals surface area contributed by atoms with E-state index in [4.69, 9.17) is 5.21 Å². The molecule has 1 atom stereocenters. The minimum atomic E-state index is 0.410. The quantitative estimate of drug-likeness (QED) is 0.654. The van der Waals surface area contributed by atoms with Crippen molar-refractivity contribution in [3.63, 3.8) is 0 Å². The van der Waals surface area contributed by atoms with Gasteiger partial charge >= 0.3 is 0 Å². The summed E-state index contributed by atoms with van der Waals surface area (Å²) >= 11 is 0. The summed E-state index contributed by atoms with van der Waals surface area (Å²) in [5.41, 5.74) is 0.965. The lowest BCUT2D eigenvalue weighted by atomic mass is 9.93. The van der Waals surface area contributed by atoms with Crippen LogP contribution < -0.4 is 0 Å². The molecule has 1 unspecified atom stereocenters. The molecule has 2 heterocycles. The molecule has 0 spiro atoms. The zero-order chi connectivity index (χ0) is 13.0. The molecule has 0 aromatic carbocycles. The Kier molecular flexibility index (Phi) is 4.36. The topological polar surface area (TPSA) is 53.7 Å². The molecule has 1 N–H and O–H groups in total. The van der Waals surface area contributed by atoms with Gasteiger partial charge in [-0.2, -0.15) is 0 Å². The van der Waals surface area contributed by atoms with E-state index >= 15 is 0 Å². The average Bonchev–Trinajstić information content (AvgIpc) is 2.81. The second-order valence-electron chi connectivity index (χ2n) is 4.91. The number of aryl methyl sites for hydroxylation is 1. The molecule has 1 aromatic rings. The summed E-state index contributed by atoms with van der Waals surface area (Å²) in [5, 5.41) is 12.4. The fraction of sp³-hybridized carbons (Fsp3) is 0.692. The van der Waals surface area contributed by atoms with Crippen LogP contribution in [0, 0.1) is 12.8 Å². The van der Waals surface area contributed by atoms with Crippen molar-refractivity contribution < 1.29 is 5.21 Å². The lowest BCUT2D eigenvalue weighted by Crippen LogP contribution is -2.42. The Balaban J connectivity index is 1.86. The summed E-state index contributed by atoms with van der Waals surface area (Å²) in [6.45, 7) is 8.19. The van der Waals surface area contributed by atoms with Gasteiger partial charge in [0.05, 0.1) is 5.71 Å². The molecule has 100 valence electrons. The van der Waals surface area contributed by atoms with Gasteiger partial charge in [-0.15, -0.1) is 0 Å². The van der Waals surface area contributed by atoms with Crippen LogP contribution in [-0.4, -0.2) is 45.0 Å². The number of imidazole rings is 1. The van der Waals surface area contributed by atoms with Crippen molar-refractivity contribution in [2.24, 2.45) is 11.1 Å². The molecule has 0 bridgehead atoms. The molecule has 0 amide bonds. The van der Waals surface area contributed by atoms with Gasteiger partial charge in [-0.3, -0.25) is 0 Å². The Morgan fingerprint density at radius 2 is 2.33 bits per heavy atom. The third-order valence-electron chi connectivity index (χ3n) is 3.84. The molecule has 1 aromatic heterocycles. The number of aromatic nitrogens is 2. The van der Waals surface area contributed by atoms with E-state index in [2.05, 4.69) is 26.5 Å². The number of piperidine rings is 1. The van der Waals surface area contributed by atoms with E-state index in [1.807, 2.05) is 19.3 Å². The number of likely N-dealkylation sites (tertiary alicyclic amines) is 1. The average molecular weight is 250 g/mol. The molecule has 1 saturated heterocycles. The van der Waals surface area contributed by atoms with Gasteiger partial charge in [-0.25, -0.2) is 4.98 Å². The molecule has 1 aliphatic rings. The number of hydrogen-bond acceptors (Lipinski definition) is 4. The number of rotatable bonds is 4. The van der Waals surface area contributed by atoms with E-state index in [1.54, 1.807) is 0 Å². The van der Waals surface area contributed by atoms with Gasteiger partial charge in [0.15, 0.2) is 0 Å². The molecular weight excluding hydrogens is 228 g/mol. The first-order valence-electron chi connectivity index (χ1n) is 6.65. The maximum atomic E-state index is 8.95. The van der Waals surface area contributed by atoms with E-state index in [0.29, 0.717) is 5.92 Å². The maximum absolute atomic E-state index is 8.95. The number of oxime groups is 1. The van der Waals surface area contributed by atoms with Crippen LogP contribution in [0.1, 0.15) is 25.6 Å². The predicted octanol–water partition coefficient (Wildman–Crippen LogP) is 1.75. The van der Waals surface area contributed by atoms with E-state index < -0.39 is 0 Å². The summed E-state index contributed by atoms with van der Waals surface area (Å²) in [5.74, 6) is 1.48. The molecular formula is C13H22N4O. The monoisotopic (exact) mass is 250 g/mol. The smallest absolute Gasteiger partial charge is 0.105 e. The van der Waals surface area contributed by atoms with Crippen molar-refractivity contribution in [3.05, 3.63) is 18.2 Å². The van der Waals surface area contributed by atoms with Crippen LogP contribution in [-0.2, 0) is 6.54 Å². The van der Waals surface area contributed by atoms with Crippen LogP contribution in [0.5, 0.6) is 0 Å². The van der Waals surface area contributed by atoms with Crippen molar-refractivity contribution in [1.29, 1.82) is 0 Å². The number of hydrogen-bond donors (Lipinski definition) is 1. The van der Waals surface area contributed by atoms with Gasteiger partial charge in [0.2, 0.25) is 0 Å². The highest BCUT2D eigenvalue weighted by Crippen LogP contribution is 2.17. The Morgan fingerprint density at radius 1 is 1.50 bits per heavy atom. The van der Waals surface area contributed by atoms with Crippen LogP contribution >= 0.6 is 0 Å². The fourth-order valence-electron chi connectivity index (χ4n) is 2.57. The molecule has 1 fully saturated rings. The van der Waals surface area contributed by atoms with Crippen LogP contribution in [0.15, 0.2) is 17.5 Å². The molecule has 1 aliphatic heterocycles. The van der Waals surface area contributed by atoms with Crippen molar-refractivity contribution >= 4 is 5.71 Å². The predicted molar refractivity (Wildman–Crippen MR) is 71.0 cm³/mol. The molecule has 2 rings (SSSR count). The van der Waals surface area contributed by atoms with Crippen LogP contribution in [0.25, 0.3) is 0 Å². The largest absolute Gasteiger partial charge is 0.411 e. The van der Waals surface area contributed by atoms with Crippen molar-refractivity contribution in [1.82, 2.24) is 14.5 Å². The Hall–Kier alpha value is -1.36. The first-order valence-corrected chi connectivity index (χ1v) is 6.65. The van der Waals surface area contributed by atoms with Crippen LogP contribution in [0.2, 0.25) is 0 Å². The summed E-state index contributed by atoms with van der Waals surface area (Å²) in [4.78, 5) is 6.68. The van der Waals surface area contributed by atoms with Crippen molar-refractivity contribution in [2.75, 3.05) is 19.6 Å². The minimum absolute atomic E-state index is 0.410. The van der Waals surface area contributed by atoms with Crippen molar-refractivity contribution in [2.45, 2.75) is 33.2 Å². The number of nitrogens with zero attached hydrogens (tertiary/aromatic N) is 4. The standard InChI is InChI=1S/C13H22N4O/c1-3-12-10-16(6-4-13(12)15-18)8-9-17-7-5-14-11(17)2/h5,7,12,18H,3-4,6,8-10H2,1-2H3/b15-13+. The summed E-state index contributed by atoms with van der Waals surface area (Å²) < 4.78 is 2.18. The molecule has 18 heavy (non-hydrogen) atoms. The highest BCUT2D eigenvalue weighted by molar-refractivity contribution is 5.87. The zero-order valence-corrected chi connectivity index (χ0v) is 11.2. The second kappa shape index (κ2) is 6.00. The molecule has 0 radical (unpaired) electrons. The maximum Gasteiger partial charge on any atom is 0.105 e. The van der Waals surface area contributed by atoms with Gasteiger partial charge in [-0.1, -0.05) is 12.1 Å². The summed E-state index contributed by atoms with van der Waals surface area (Å²) in [6, 6.07) is 0. The van der Waals surface area contributed by atoms with Crippen LogP contribution in [0.3, 0.4) is 0 Å². The Morgan fingerprint density at radius 3 is 2.94 bits per heavy atom. The molecule has 0 saturated carbocycles.